The Morgan fingerprint density at radius 1 is 1.03 bits per heavy atom. The van der Waals surface area contributed by atoms with Crippen molar-refractivity contribution < 1.29 is 34.1 Å². The third kappa shape index (κ3) is 5.37. The maximum Gasteiger partial charge on any atom is 0.407 e. The summed E-state index contributed by atoms with van der Waals surface area (Å²) in [5.41, 5.74) is 4.60. The van der Waals surface area contributed by atoms with E-state index in [-0.39, 0.29) is 50.7 Å². The molecule has 4 N–H and O–H groups in total. The lowest BCUT2D eigenvalue weighted by atomic mass is 9.98. The van der Waals surface area contributed by atoms with Crippen molar-refractivity contribution in [2.75, 3.05) is 26.3 Å². The van der Waals surface area contributed by atoms with Crippen molar-refractivity contribution in [1.82, 2.24) is 10.6 Å². The van der Waals surface area contributed by atoms with E-state index in [9.17, 15) is 19.5 Å². The van der Waals surface area contributed by atoms with Gasteiger partial charge in [0.25, 0.3) is 0 Å². The minimum Gasteiger partial charge on any atom is -0.479 e. The van der Waals surface area contributed by atoms with Crippen LogP contribution in [0.5, 0.6) is 0 Å². The van der Waals surface area contributed by atoms with E-state index in [0.717, 1.165) is 22.3 Å². The maximum absolute atomic E-state index is 12.3. The van der Waals surface area contributed by atoms with Gasteiger partial charge in [-0.2, -0.15) is 0 Å². The van der Waals surface area contributed by atoms with E-state index in [1.54, 1.807) is 0 Å². The molecular weight excluding hydrogens is 440 g/mol. The lowest BCUT2D eigenvalue weighted by molar-refractivity contribution is -0.147. The fraction of sp³-hybridized carbons (Fsp3) is 0.400. The van der Waals surface area contributed by atoms with Gasteiger partial charge in [0.2, 0.25) is 5.91 Å². The Kier molecular flexibility index (Phi) is 7.44. The van der Waals surface area contributed by atoms with E-state index in [4.69, 9.17) is 14.6 Å². The van der Waals surface area contributed by atoms with E-state index in [0.29, 0.717) is 6.42 Å². The van der Waals surface area contributed by atoms with Gasteiger partial charge in [-0.1, -0.05) is 48.5 Å². The van der Waals surface area contributed by atoms with E-state index < -0.39 is 24.1 Å². The summed E-state index contributed by atoms with van der Waals surface area (Å²) in [6, 6.07) is 16.2. The third-order valence-electron chi connectivity index (χ3n) is 6.27. The van der Waals surface area contributed by atoms with Crippen LogP contribution < -0.4 is 10.6 Å². The normalized spacial score (nSPS) is 19.7. The molecule has 180 valence electrons. The Hall–Kier alpha value is -3.43. The Morgan fingerprint density at radius 3 is 2.32 bits per heavy atom. The first-order chi connectivity index (χ1) is 16.4. The van der Waals surface area contributed by atoms with Gasteiger partial charge in [0, 0.05) is 25.4 Å². The molecule has 1 saturated heterocycles. The first kappa shape index (κ1) is 23.7. The number of alkyl carbamates (subject to hydrolysis) is 1. The quantitative estimate of drug-likeness (QED) is 0.441. The van der Waals surface area contributed by atoms with Gasteiger partial charge in [-0.3, -0.25) is 4.79 Å². The number of aliphatic hydroxyl groups excluding tert-OH is 1. The van der Waals surface area contributed by atoms with Crippen molar-refractivity contribution in [1.29, 1.82) is 0 Å². The minimum absolute atomic E-state index is 0.0198. The number of carbonyl (C=O) groups excluding carboxylic acids is 2. The van der Waals surface area contributed by atoms with Gasteiger partial charge in [0.1, 0.15) is 6.61 Å². The van der Waals surface area contributed by atoms with Crippen LogP contribution in [0.3, 0.4) is 0 Å². The fourth-order valence-corrected chi connectivity index (χ4v) is 4.48. The summed E-state index contributed by atoms with van der Waals surface area (Å²) in [6.07, 6.45) is -2.01. The van der Waals surface area contributed by atoms with Crippen LogP contribution in [0.4, 0.5) is 4.79 Å². The van der Waals surface area contributed by atoms with Crippen molar-refractivity contribution in [3.63, 3.8) is 0 Å². The highest BCUT2D eigenvalue weighted by Gasteiger charge is 2.32. The fourth-order valence-electron chi connectivity index (χ4n) is 4.48. The average Bonchev–Trinajstić information content (AvgIpc) is 3.44. The number of hydrogen-bond acceptors (Lipinski definition) is 6. The third-order valence-corrected chi connectivity index (χ3v) is 6.27. The smallest absolute Gasteiger partial charge is 0.407 e. The molecule has 2 aromatic carbocycles. The van der Waals surface area contributed by atoms with Crippen molar-refractivity contribution in [3.8, 4) is 11.1 Å². The second-order valence-corrected chi connectivity index (χ2v) is 8.53. The van der Waals surface area contributed by atoms with Gasteiger partial charge in [-0.05, 0) is 28.7 Å². The number of aliphatic hydroxyl groups is 1. The van der Waals surface area contributed by atoms with Gasteiger partial charge >= 0.3 is 12.1 Å². The molecule has 4 rings (SSSR count). The summed E-state index contributed by atoms with van der Waals surface area (Å²) in [6.45, 7) is 0.715. The van der Waals surface area contributed by atoms with Gasteiger partial charge < -0.3 is 30.3 Å². The number of aliphatic carboxylic acids is 1. The van der Waals surface area contributed by atoms with E-state index in [1.165, 1.54) is 0 Å². The predicted molar refractivity (Wildman–Crippen MR) is 122 cm³/mol. The Bertz CT molecular complexity index is 1010. The molecule has 0 bridgehead atoms. The van der Waals surface area contributed by atoms with Crippen LogP contribution >= 0.6 is 0 Å². The lowest BCUT2D eigenvalue weighted by Gasteiger charge is -2.16. The molecule has 34 heavy (non-hydrogen) atoms. The van der Waals surface area contributed by atoms with Crippen molar-refractivity contribution in [2.45, 2.75) is 31.0 Å². The van der Waals surface area contributed by atoms with E-state index in [2.05, 4.69) is 34.9 Å². The number of carbonyl (C=O) groups is 3. The number of amides is 2. The summed E-state index contributed by atoms with van der Waals surface area (Å²) in [4.78, 5) is 35.1. The van der Waals surface area contributed by atoms with Crippen molar-refractivity contribution in [3.05, 3.63) is 59.7 Å². The Balaban J connectivity index is 1.20. The summed E-state index contributed by atoms with van der Waals surface area (Å²) >= 11 is 0. The molecule has 1 heterocycles. The van der Waals surface area contributed by atoms with Crippen LogP contribution in [0.2, 0.25) is 0 Å². The van der Waals surface area contributed by atoms with Crippen LogP contribution in [-0.4, -0.2) is 66.7 Å². The number of carboxylic acids is 1. The second kappa shape index (κ2) is 10.7. The molecule has 0 spiro atoms. The summed E-state index contributed by atoms with van der Waals surface area (Å²) < 4.78 is 11.1. The molecule has 2 aromatic rings. The number of carboxylic acid groups (broad SMARTS) is 1. The summed E-state index contributed by atoms with van der Waals surface area (Å²) in [5.74, 6) is -2.00. The van der Waals surface area contributed by atoms with Gasteiger partial charge in [0.15, 0.2) is 6.10 Å². The molecule has 0 saturated carbocycles. The van der Waals surface area contributed by atoms with Gasteiger partial charge in [0.05, 0.1) is 18.6 Å². The number of nitrogens with one attached hydrogen (secondary N) is 2. The van der Waals surface area contributed by atoms with Crippen LogP contribution in [0.15, 0.2) is 48.5 Å². The molecule has 9 heteroatoms. The van der Waals surface area contributed by atoms with Crippen LogP contribution in [0, 0.1) is 5.92 Å². The highest BCUT2D eigenvalue weighted by atomic mass is 16.5. The number of benzene rings is 2. The number of fused-ring (bicyclic) bond motifs is 3. The first-order valence-electron chi connectivity index (χ1n) is 11.3. The SMILES string of the molecule is O=C(NCC1CC(C(=O)NCC[C@H](O)C(=O)O)CO1)OCC1c2ccccc2-c2ccccc21. The molecule has 3 atom stereocenters. The van der Waals surface area contributed by atoms with Crippen LogP contribution in [0.1, 0.15) is 29.9 Å². The van der Waals surface area contributed by atoms with Crippen LogP contribution in [0.25, 0.3) is 11.1 Å². The molecule has 9 nitrogen and oxygen atoms in total. The number of ether oxygens (including phenoxy) is 2. The zero-order valence-electron chi connectivity index (χ0n) is 18.6. The second-order valence-electron chi connectivity index (χ2n) is 8.53. The molecule has 2 unspecified atom stereocenters. The molecule has 0 aromatic heterocycles. The molecule has 2 amide bonds. The topological polar surface area (TPSA) is 134 Å². The molecular formula is C25H28N2O7. The number of rotatable bonds is 9. The van der Waals surface area contributed by atoms with Crippen molar-refractivity contribution in [2.24, 2.45) is 5.92 Å². The van der Waals surface area contributed by atoms with Crippen LogP contribution in [-0.2, 0) is 19.1 Å². The zero-order chi connectivity index (χ0) is 24.1. The van der Waals surface area contributed by atoms with Crippen molar-refractivity contribution >= 4 is 18.0 Å². The first-order valence-corrected chi connectivity index (χ1v) is 11.3. The largest absolute Gasteiger partial charge is 0.479 e. The van der Waals surface area contributed by atoms with E-state index >= 15 is 0 Å². The Labute approximate surface area is 197 Å². The zero-order valence-corrected chi connectivity index (χ0v) is 18.6. The molecule has 2 aliphatic rings. The molecule has 1 aliphatic carbocycles. The predicted octanol–water partition coefficient (Wildman–Crippen LogP) is 1.88. The number of hydrogen-bond donors (Lipinski definition) is 4. The molecule has 1 fully saturated rings. The lowest BCUT2D eigenvalue weighted by Crippen LogP contribution is -2.35. The molecule has 0 radical (unpaired) electrons. The minimum atomic E-state index is -1.51. The molecule has 1 aliphatic heterocycles. The summed E-state index contributed by atoms with van der Waals surface area (Å²) in [7, 11) is 0. The summed E-state index contributed by atoms with van der Waals surface area (Å²) in [5, 5.41) is 23.2. The standard InChI is InChI=1S/C25H28N2O7/c28-22(24(30)31)9-10-26-23(29)15-11-16(33-13-15)12-27-25(32)34-14-21-19-7-3-1-5-17(19)18-6-2-4-8-20(18)21/h1-8,15-16,21-22,28H,9-14H2,(H,26,29)(H,27,32)(H,30,31)/t15?,16?,22-/m0/s1. The maximum atomic E-state index is 12.3. The highest BCUT2D eigenvalue weighted by molar-refractivity contribution is 5.80. The highest BCUT2D eigenvalue weighted by Crippen LogP contribution is 2.44. The average molecular weight is 469 g/mol. The van der Waals surface area contributed by atoms with E-state index in [1.807, 2.05) is 24.3 Å². The van der Waals surface area contributed by atoms with Gasteiger partial charge in [-0.15, -0.1) is 0 Å². The monoisotopic (exact) mass is 468 g/mol. The Morgan fingerprint density at radius 2 is 1.68 bits per heavy atom. The van der Waals surface area contributed by atoms with Gasteiger partial charge in [-0.25, -0.2) is 9.59 Å².